The lowest BCUT2D eigenvalue weighted by molar-refractivity contribution is 0.332. The number of benzene rings is 1. The molecule has 2 N–H and O–H groups in total. The van der Waals surface area contributed by atoms with Gasteiger partial charge in [0.25, 0.3) is 0 Å². The van der Waals surface area contributed by atoms with Gasteiger partial charge in [0.2, 0.25) is 0 Å². The molecule has 1 atom stereocenters. The Morgan fingerprint density at radius 1 is 1.12 bits per heavy atom. The summed E-state index contributed by atoms with van der Waals surface area (Å²) in [5, 5.41) is 14.0. The molecule has 0 bridgehead atoms. The van der Waals surface area contributed by atoms with E-state index in [1.807, 2.05) is 24.3 Å². The summed E-state index contributed by atoms with van der Waals surface area (Å²) in [4.78, 5) is 16.0. The third-order valence-electron chi connectivity index (χ3n) is 6.55. The summed E-state index contributed by atoms with van der Waals surface area (Å²) >= 11 is 0. The number of anilines is 1. The predicted molar refractivity (Wildman–Crippen MR) is 121 cm³/mol. The molecule has 1 aliphatic carbocycles. The van der Waals surface area contributed by atoms with Crippen LogP contribution in [0.2, 0.25) is 0 Å². The van der Waals surface area contributed by atoms with E-state index in [1.54, 1.807) is 19.1 Å². The summed E-state index contributed by atoms with van der Waals surface area (Å²) in [6.07, 6.45) is 2.85. The zero-order chi connectivity index (χ0) is 21.9. The van der Waals surface area contributed by atoms with Crippen LogP contribution in [0.1, 0.15) is 25.2 Å². The minimum atomic E-state index is -0.287. The number of aromatic nitrogens is 3. The van der Waals surface area contributed by atoms with Gasteiger partial charge in [-0.15, -0.1) is 0 Å². The average Bonchev–Trinajstić information content (AvgIpc) is 3.24. The maximum Gasteiger partial charge on any atom is 0.192 e. The van der Waals surface area contributed by atoms with Crippen molar-refractivity contribution in [2.24, 2.45) is 0 Å². The van der Waals surface area contributed by atoms with Crippen molar-refractivity contribution in [3.63, 3.8) is 0 Å². The zero-order valence-corrected chi connectivity index (χ0v) is 17.8. The summed E-state index contributed by atoms with van der Waals surface area (Å²) in [5.41, 5.74) is 3.75. The maximum absolute atomic E-state index is 13.2. The summed E-state index contributed by atoms with van der Waals surface area (Å²) in [5.74, 6) is 1.57. The van der Waals surface area contributed by atoms with Crippen LogP contribution in [0.3, 0.4) is 0 Å². The number of nitrogens with one attached hydrogen (secondary N) is 1. The first-order valence-electron chi connectivity index (χ1n) is 11.0. The lowest BCUT2D eigenvalue weighted by atomic mass is 10.1. The SMILES string of the molecule is Cc1nc2cc(O)c(-c3ccc4nc(N5CCC(NC6(CF)CC6)C5)ccc4n3)cc2o1. The van der Waals surface area contributed by atoms with Crippen molar-refractivity contribution in [3.05, 3.63) is 42.3 Å². The highest BCUT2D eigenvalue weighted by Crippen LogP contribution is 2.37. The lowest BCUT2D eigenvalue weighted by Gasteiger charge is -2.21. The van der Waals surface area contributed by atoms with Gasteiger partial charge >= 0.3 is 0 Å². The number of oxazole rings is 1. The first-order valence-corrected chi connectivity index (χ1v) is 11.0. The van der Waals surface area contributed by atoms with E-state index in [-0.39, 0.29) is 18.0 Å². The number of nitrogens with zero attached hydrogens (tertiary/aromatic N) is 4. The fourth-order valence-electron chi connectivity index (χ4n) is 4.59. The molecule has 1 aliphatic heterocycles. The van der Waals surface area contributed by atoms with E-state index in [9.17, 15) is 9.50 Å². The summed E-state index contributed by atoms with van der Waals surface area (Å²) < 4.78 is 18.8. The molecule has 7 nitrogen and oxygen atoms in total. The number of alkyl halides is 1. The molecule has 3 aromatic heterocycles. The van der Waals surface area contributed by atoms with Crippen LogP contribution in [0.5, 0.6) is 5.75 Å². The molecule has 32 heavy (non-hydrogen) atoms. The van der Waals surface area contributed by atoms with Crippen LogP contribution in [-0.2, 0) is 0 Å². The fraction of sp³-hybridized carbons (Fsp3) is 0.375. The van der Waals surface area contributed by atoms with Crippen LogP contribution in [0.25, 0.3) is 33.4 Å². The highest BCUT2D eigenvalue weighted by molar-refractivity contribution is 5.86. The van der Waals surface area contributed by atoms with Crippen molar-refractivity contribution in [3.8, 4) is 17.0 Å². The first kappa shape index (κ1) is 19.4. The van der Waals surface area contributed by atoms with Gasteiger partial charge in [0.15, 0.2) is 11.5 Å². The largest absolute Gasteiger partial charge is 0.507 e. The first-order chi connectivity index (χ1) is 15.5. The van der Waals surface area contributed by atoms with E-state index in [4.69, 9.17) is 14.4 Å². The fourth-order valence-corrected chi connectivity index (χ4v) is 4.59. The number of hydrogen-bond donors (Lipinski definition) is 2. The molecule has 2 aliphatic rings. The molecule has 1 aromatic carbocycles. The molecule has 1 saturated heterocycles. The van der Waals surface area contributed by atoms with Gasteiger partial charge in [0.05, 0.1) is 16.7 Å². The smallest absolute Gasteiger partial charge is 0.192 e. The topological polar surface area (TPSA) is 87.3 Å². The second-order valence-corrected chi connectivity index (χ2v) is 8.96. The van der Waals surface area contributed by atoms with Gasteiger partial charge in [-0.05, 0) is 49.6 Å². The van der Waals surface area contributed by atoms with Crippen LogP contribution < -0.4 is 10.2 Å². The van der Waals surface area contributed by atoms with Gasteiger partial charge in [-0.25, -0.2) is 19.3 Å². The molecule has 0 radical (unpaired) electrons. The molecular weight excluding hydrogens is 409 g/mol. The van der Waals surface area contributed by atoms with Crippen LogP contribution in [0.15, 0.2) is 40.8 Å². The van der Waals surface area contributed by atoms with Crippen molar-refractivity contribution in [2.45, 2.75) is 37.8 Å². The van der Waals surface area contributed by atoms with E-state index in [1.165, 1.54) is 0 Å². The standard InChI is InChI=1S/C24H24FN5O2/c1-14-26-20-11-21(31)16(10-22(20)32-14)17-2-3-19-18(27-17)4-5-23(28-19)30-9-6-15(12-30)29-24(13-25)7-8-24/h2-5,10-11,15,29,31H,6-9,12-13H2,1H3. The molecule has 8 heteroatoms. The minimum absolute atomic E-state index is 0.111. The Hall–Kier alpha value is -3.26. The Morgan fingerprint density at radius 2 is 1.94 bits per heavy atom. The number of hydrogen-bond acceptors (Lipinski definition) is 7. The monoisotopic (exact) mass is 433 g/mol. The highest BCUT2D eigenvalue weighted by Gasteiger charge is 2.45. The van der Waals surface area contributed by atoms with Crippen molar-refractivity contribution < 1.29 is 13.9 Å². The van der Waals surface area contributed by atoms with Gasteiger partial charge in [0, 0.05) is 43.2 Å². The van der Waals surface area contributed by atoms with Gasteiger partial charge in [-0.3, -0.25) is 0 Å². The molecule has 4 aromatic rings. The molecule has 1 saturated carbocycles. The normalized spacial score (nSPS) is 19.8. The van der Waals surface area contributed by atoms with Crippen LogP contribution >= 0.6 is 0 Å². The Bertz CT molecular complexity index is 1330. The zero-order valence-electron chi connectivity index (χ0n) is 17.8. The van der Waals surface area contributed by atoms with Crippen molar-refractivity contribution >= 4 is 28.0 Å². The number of rotatable bonds is 5. The maximum atomic E-state index is 13.2. The van der Waals surface area contributed by atoms with E-state index in [0.29, 0.717) is 34.3 Å². The summed E-state index contributed by atoms with van der Waals surface area (Å²) in [6, 6.07) is 11.4. The molecule has 0 amide bonds. The minimum Gasteiger partial charge on any atom is -0.507 e. The lowest BCUT2D eigenvalue weighted by Crippen LogP contribution is -2.43. The van der Waals surface area contributed by atoms with E-state index in [0.717, 1.165) is 49.2 Å². The number of aryl methyl sites for hydroxylation is 1. The molecule has 2 fully saturated rings. The van der Waals surface area contributed by atoms with Crippen molar-refractivity contribution in [1.29, 1.82) is 0 Å². The third-order valence-corrected chi connectivity index (χ3v) is 6.55. The van der Waals surface area contributed by atoms with Crippen LogP contribution in [0, 0.1) is 6.92 Å². The van der Waals surface area contributed by atoms with Crippen molar-refractivity contribution in [2.75, 3.05) is 24.7 Å². The van der Waals surface area contributed by atoms with Gasteiger partial charge in [0.1, 0.15) is 23.8 Å². The predicted octanol–water partition coefficient (Wildman–Crippen LogP) is 4.12. The van der Waals surface area contributed by atoms with Gasteiger partial charge < -0.3 is 19.7 Å². The number of phenols is 1. The Balaban J connectivity index is 1.26. The number of aromatic hydroxyl groups is 1. The van der Waals surface area contributed by atoms with Crippen LogP contribution in [-0.4, -0.2) is 51.4 Å². The molecule has 6 rings (SSSR count). The Kier molecular flexibility index (Phi) is 4.33. The van der Waals surface area contributed by atoms with E-state index in [2.05, 4.69) is 15.2 Å². The number of pyridine rings is 2. The number of halogens is 1. The molecule has 164 valence electrons. The number of fused-ring (bicyclic) bond motifs is 2. The quantitative estimate of drug-likeness (QED) is 0.489. The molecule has 0 spiro atoms. The van der Waals surface area contributed by atoms with E-state index >= 15 is 0 Å². The molecule has 1 unspecified atom stereocenters. The molecule has 4 heterocycles. The third kappa shape index (κ3) is 3.35. The van der Waals surface area contributed by atoms with Gasteiger partial charge in [-0.2, -0.15) is 0 Å². The van der Waals surface area contributed by atoms with Crippen LogP contribution in [0.4, 0.5) is 10.2 Å². The Labute approximate surface area is 184 Å². The highest BCUT2D eigenvalue weighted by atomic mass is 19.1. The number of phenolic OH excluding ortho intramolecular Hbond substituents is 1. The molecular formula is C24H24FN5O2. The summed E-state index contributed by atoms with van der Waals surface area (Å²) in [7, 11) is 0. The van der Waals surface area contributed by atoms with Crippen molar-refractivity contribution in [1.82, 2.24) is 20.3 Å². The second kappa shape index (κ2) is 7.13. The average molecular weight is 433 g/mol. The van der Waals surface area contributed by atoms with E-state index < -0.39 is 0 Å². The second-order valence-electron chi connectivity index (χ2n) is 8.96. The van der Waals surface area contributed by atoms with Gasteiger partial charge in [-0.1, -0.05) is 0 Å². The Morgan fingerprint density at radius 3 is 2.75 bits per heavy atom. The summed E-state index contributed by atoms with van der Waals surface area (Å²) in [6.45, 7) is 3.22.